The van der Waals surface area contributed by atoms with E-state index in [1.165, 1.54) is 24.5 Å². The number of likely N-dealkylation sites (tertiary alicyclic amines) is 1. The number of anilines is 2. The number of hydrogen-bond acceptors (Lipinski definition) is 5. The van der Waals surface area contributed by atoms with Gasteiger partial charge < -0.3 is 15.7 Å². The third-order valence-electron chi connectivity index (χ3n) is 5.87. The molecule has 2 aliphatic rings. The first kappa shape index (κ1) is 20.5. The summed E-state index contributed by atoms with van der Waals surface area (Å²) < 4.78 is 0. The Labute approximate surface area is 190 Å². The molecule has 0 atom stereocenters. The van der Waals surface area contributed by atoms with Gasteiger partial charge in [0.15, 0.2) is 0 Å². The molecule has 0 saturated carbocycles. The summed E-state index contributed by atoms with van der Waals surface area (Å²) in [6.07, 6.45) is 2.50. The third-order valence-corrected chi connectivity index (χ3v) is 6.56. The van der Waals surface area contributed by atoms with Gasteiger partial charge in [0.05, 0.1) is 16.8 Å². The summed E-state index contributed by atoms with van der Waals surface area (Å²) in [5.74, 6) is -1.27. The molecule has 1 saturated heterocycles. The number of hydrogen-bond donors (Lipinski definition) is 3. The van der Waals surface area contributed by atoms with Crippen molar-refractivity contribution in [2.75, 3.05) is 23.7 Å². The van der Waals surface area contributed by atoms with Gasteiger partial charge in [-0.25, -0.2) is 4.79 Å². The highest BCUT2D eigenvalue weighted by Crippen LogP contribution is 2.38. The van der Waals surface area contributed by atoms with Crippen molar-refractivity contribution in [2.24, 2.45) is 0 Å². The number of nitrogens with one attached hydrogen (secondary N) is 2. The zero-order chi connectivity index (χ0) is 22.1. The fourth-order valence-corrected chi connectivity index (χ4v) is 4.97. The molecule has 0 spiro atoms. The predicted octanol–water partition coefficient (Wildman–Crippen LogP) is 4.97. The number of nitrogens with zero attached hydrogens (tertiary/aromatic N) is 1. The number of aromatic carboxylic acids is 1. The van der Waals surface area contributed by atoms with E-state index < -0.39 is 5.97 Å². The molecule has 2 aromatic carbocycles. The first-order valence-electron chi connectivity index (χ1n) is 10.6. The van der Waals surface area contributed by atoms with Gasteiger partial charge in [0.1, 0.15) is 0 Å². The molecular formula is C25H23N3O3S. The first-order chi connectivity index (χ1) is 15.6. The lowest BCUT2D eigenvalue weighted by atomic mass is 9.99. The standard InChI is InChI=1S/C25H23N3O3S/c29-24-22(20-13-17(25(30)31)6-7-21(20)27-24)23(18-8-11-32-15-18)26-19-5-3-4-16(12-19)14-28-9-1-2-10-28/h3-8,11-13,15,26H,1-2,9-10,14H2,(H,27,29)(H,30,31)/b23-22-. The molecule has 1 amide bonds. The topological polar surface area (TPSA) is 81.7 Å². The van der Waals surface area contributed by atoms with E-state index in [9.17, 15) is 14.7 Å². The Bertz CT molecular complexity index is 1210. The summed E-state index contributed by atoms with van der Waals surface area (Å²) in [5, 5.41) is 19.7. The van der Waals surface area contributed by atoms with Gasteiger partial charge in [-0.2, -0.15) is 11.3 Å². The number of fused-ring (bicyclic) bond motifs is 1. The second-order valence-electron chi connectivity index (χ2n) is 8.09. The van der Waals surface area contributed by atoms with Crippen LogP contribution in [0.4, 0.5) is 11.4 Å². The van der Waals surface area contributed by atoms with Gasteiger partial charge in [0.2, 0.25) is 0 Å². The SMILES string of the molecule is O=C1Nc2ccc(C(=O)O)cc2/C1=C(/Nc1cccc(CN2CCCC2)c1)c1ccsc1. The minimum absolute atomic E-state index is 0.148. The highest BCUT2D eigenvalue weighted by atomic mass is 32.1. The largest absolute Gasteiger partial charge is 0.478 e. The van der Waals surface area contributed by atoms with Crippen LogP contribution in [0.25, 0.3) is 11.3 Å². The Morgan fingerprint density at radius 3 is 2.69 bits per heavy atom. The van der Waals surface area contributed by atoms with Crippen molar-refractivity contribution < 1.29 is 14.7 Å². The number of thiophene rings is 1. The number of amides is 1. The number of carboxylic acids is 1. The van der Waals surface area contributed by atoms with E-state index in [1.54, 1.807) is 23.5 Å². The van der Waals surface area contributed by atoms with E-state index in [0.717, 1.165) is 30.9 Å². The zero-order valence-corrected chi connectivity index (χ0v) is 18.2. The summed E-state index contributed by atoms with van der Waals surface area (Å²) in [7, 11) is 0. The minimum atomic E-state index is -1.02. The molecule has 162 valence electrons. The Morgan fingerprint density at radius 2 is 1.94 bits per heavy atom. The lowest BCUT2D eigenvalue weighted by Gasteiger charge is -2.17. The van der Waals surface area contributed by atoms with Gasteiger partial charge in [-0.15, -0.1) is 0 Å². The van der Waals surface area contributed by atoms with Crippen molar-refractivity contribution in [2.45, 2.75) is 19.4 Å². The number of carbonyl (C=O) groups is 2. The van der Waals surface area contributed by atoms with Crippen molar-refractivity contribution in [1.82, 2.24) is 4.90 Å². The van der Waals surface area contributed by atoms with Crippen molar-refractivity contribution in [3.05, 3.63) is 81.5 Å². The predicted molar refractivity (Wildman–Crippen MR) is 128 cm³/mol. The van der Waals surface area contributed by atoms with Gasteiger partial charge in [-0.3, -0.25) is 9.69 Å². The van der Waals surface area contributed by atoms with Crippen molar-refractivity contribution >= 4 is 45.9 Å². The van der Waals surface area contributed by atoms with Crippen LogP contribution >= 0.6 is 11.3 Å². The summed E-state index contributed by atoms with van der Waals surface area (Å²) in [4.78, 5) is 26.9. The molecule has 3 N–H and O–H groups in total. The van der Waals surface area contributed by atoms with Gasteiger partial charge in [0, 0.05) is 34.4 Å². The molecule has 5 rings (SSSR count). The Morgan fingerprint density at radius 1 is 1.09 bits per heavy atom. The van der Waals surface area contributed by atoms with E-state index in [0.29, 0.717) is 22.5 Å². The van der Waals surface area contributed by atoms with Crippen LogP contribution in [-0.4, -0.2) is 35.0 Å². The highest BCUT2D eigenvalue weighted by molar-refractivity contribution is 7.08. The average molecular weight is 446 g/mol. The van der Waals surface area contributed by atoms with Crippen LogP contribution in [0.15, 0.2) is 59.3 Å². The molecule has 0 radical (unpaired) electrons. The number of carbonyl (C=O) groups excluding carboxylic acids is 1. The molecule has 0 bridgehead atoms. The normalized spacial score (nSPS) is 17.2. The monoisotopic (exact) mass is 445 g/mol. The summed E-state index contributed by atoms with van der Waals surface area (Å²) in [6.45, 7) is 3.17. The Hall–Kier alpha value is -3.42. The maximum absolute atomic E-state index is 13.0. The minimum Gasteiger partial charge on any atom is -0.478 e. The molecular weight excluding hydrogens is 422 g/mol. The first-order valence-corrected chi connectivity index (χ1v) is 11.6. The zero-order valence-electron chi connectivity index (χ0n) is 17.4. The van der Waals surface area contributed by atoms with Gasteiger partial charge in [-0.1, -0.05) is 12.1 Å². The Balaban J connectivity index is 1.55. The fraction of sp³-hybridized carbons (Fsp3) is 0.200. The molecule has 0 aliphatic carbocycles. The number of carboxylic acid groups (broad SMARTS) is 1. The summed E-state index contributed by atoms with van der Waals surface area (Å²) in [6, 6.07) is 14.9. The molecule has 0 unspecified atom stereocenters. The van der Waals surface area contributed by atoms with E-state index in [-0.39, 0.29) is 11.5 Å². The molecule has 2 aliphatic heterocycles. The van der Waals surface area contributed by atoms with Crippen LogP contribution in [0.2, 0.25) is 0 Å². The maximum Gasteiger partial charge on any atom is 0.335 e. The smallest absolute Gasteiger partial charge is 0.335 e. The second-order valence-corrected chi connectivity index (χ2v) is 8.87. The third kappa shape index (κ3) is 4.04. The van der Waals surface area contributed by atoms with Gasteiger partial charge in [0.25, 0.3) is 5.91 Å². The second kappa shape index (κ2) is 8.61. The molecule has 3 aromatic rings. The molecule has 1 aromatic heterocycles. The van der Waals surface area contributed by atoms with Gasteiger partial charge >= 0.3 is 5.97 Å². The molecule has 3 heterocycles. The van der Waals surface area contributed by atoms with Gasteiger partial charge in [-0.05, 0) is 73.3 Å². The summed E-state index contributed by atoms with van der Waals surface area (Å²) in [5.41, 5.74) is 5.48. The van der Waals surface area contributed by atoms with Crippen LogP contribution in [-0.2, 0) is 11.3 Å². The van der Waals surface area contributed by atoms with Crippen molar-refractivity contribution in [3.8, 4) is 0 Å². The number of benzene rings is 2. The highest BCUT2D eigenvalue weighted by Gasteiger charge is 2.29. The average Bonchev–Trinajstić information content (AvgIpc) is 3.53. The molecule has 6 nitrogen and oxygen atoms in total. The van der Waals surface area contributed by atoms with E-state index >= 15 is 0 Å². The molecule has 1 fully saturated rings. The van der Waals surface area contributed by atoms with Crippen molar-refractivity contribution in [3.63, 3.8) is 0 Å². The van der Waals surface area contributed by atoms with Crippen molar-refractivity contribution in [1.29, 1.82) is 0 Å². The Kier molecular flexibility index (Phi) is 5.51. The van der Waals surface area contributed by atoms with E-state index in [1.807, 2.05) is 29.0 Å². The van der Waals surface area contributed by atoms with Crippen LogP contribution in [0.3, 0.4) is 0 Å². The molecule has 32 heavy (non-hydrogen) atoms. The van der Waals surface area contributed by atoms with Crippen LogP contribution < -0.4 is 10.6 Å². The lowest BCUT2D eigenvalue weighted by Crippen LogP contribution is -2.18. The van der Waals surface area contributed by atoms with Crippen LogP contribution in [0, 0.1) is 0 Å². The number of rotatable bonds is 6. The van der Waals surface area contributed by atoms with Crippen LogP contribution in [0.1, 0.15) is 39.9 Å². The molecule has 7 heteroatoms. The fourth-order valence-electron chi connectivity index (χ4n) is 4.32. The van der Waals surface area contributed by atoms with E-state index in [2.05, 4.69) is 27.7 Å². The quantitative estimate of drug-likeness (QED) is 0.467. The summed E-state index contributed by atoms with van der Waals surface area (Å²) >= 11 is 1.55. The van der Waals surface area contributed by atoms with Crippen LogP contribution in [0.5, 0.6) is 0 Å². The maximum atomic E-state index is 13.0. The van der Waals surface area contributed by atoms with E-state index in [4.69, 9.17) is 0 Å². The lowest BCUT2D eigenvalue weighted by molar-refractivity contribution is -0.110.